The van der Waals surface area contributed by atoms with Gasteiger partial charge in [0.25, 0.3) is 5.91 Å². The van der Waals surface area contributed by atoms with Crippen LogP contribution in [0.4, 0.5) is 0 Å². The van der Waals surface area contributed by atoms with Gasteiger partial charge < -0.3 is 24.3 Å². The van der Waals surface area contributed by atoms with Crippen LogP contribution in [-0.2, 0) is 28.9 Å². The van der Waals surface area contributed by atoms with E-state index in [4.69, 9.17) is 13.9 Å². The van der Waals surface area contributed by atoms with Gasteiger partial charge in [0.1, 0.15) is 28.7 Å². The van der Waals surface area contributed by atoms with Crippen molar-refractivity contribution in [3.8, 4) is 11.5 Å². The van der Waals surface area contributed by atoms with E-state index >= 15 is 0 Å². The minimum Gasteiger partial charge on any atom is -0.487 e. The van der Waals surface area contributed by atoms with Gasteiger partial charge >= 0.3 is 11.6 Å². The van der Waals surface area contributed by atoms with Crippen molar-refractivity contribution in [3.05, 3.63) is 33.2 Å². The second-order valence-electron chi connectivity index (χ2n) is 9.15. The Labute approximate surface area is 196 Å². The molecule has 9 heteroatoms. The van der Waals surface area contributed by atoms with Crippen LogP contribution >= 0.6 is 11.8 Å². The molecular weight excluding hydrogens is 446 g/mol. The monoisotopic (exact) mass is 475 g/mol. The summed E-state index contributed by atoms with van der Waals surface area (Å²) in [5, 5.41) is 12.6. The molecule has 0 unspecified atom stereocenters. The van der Waals surface area contributed by atoms with Crippen LogP contribution in [0.2, 0.25) is 0 Å². The molecule has 0 bridgehead atoms. The summed E-state index contributed by atoms with van der Waals surface area (Å²) in [6.07, 6.45) is 5.94. The van der Waals surface area contributed by atoms with E-state index in [1.807, 2.05) is 20.1 Å². The predicted molar refractivity (Wildman–Crippen MR) is 126 cm³/mol. The zero-order valence-electron chi connectivity index (χ0n) is 19.1. The fraction of sp³-hybridized carbons (Fsp3) is 0.542. The van der Waals surface area contributed by atoms with Crippen molar-refractivity contribution in [2.45, 2.75) is 64.0 Å². The first-order valence-electron chi connectivity index (χ1n) is 11.2. The smallest absolute Gasteiger partial charge is 0.339 e. The van der Waals surface area contributed by atoms with Crippen LogP contribution in [0, 0.1) is 0 Å². The minimum atomic E-state index is -1.08. The summed E-state index contributed by atoms with van der Waals surface area (Å²) in [6.45, 7) is 3.63. The molecule has 1 aliphatic carbocycles. The number of aryl methyl sites for hydroxylation is 2. The second-order valence-corrected chi connectivity index (χ2v) is 10.1. The number of fused-ring (bicyclic) bond motifs is 5. The van der Waals surface area contributed by atoms with Crippen molar-refractivity contribution in [2.75, 3.05) is 18.6 Å². The summed E-state index contributed by atoms with van der Waals surface area (Å²) in [7, 11) is 0. The number of ether oxygens (including phenoxy) is 2. The van der Waals surface area contributed by atoms with Gasteiger partial charge in [-0.05, 0) is 69.9 Å². The topological polar surface area (TPSA) is 115 Å². The Morgan fingerprint density at radius 1 is 1.24 bits per heavy atom. The molecule has 4 rings (SSSR count). The van der Waals surface area contributed by atoms with Crippen LogP contribution in [0.15, 0.2) is 15.3 Å². The van der Waals surface area contributed by atoms with Crippen LogP contribution in [0.5, 0.6) is 11.5 Å². The number of hydrogen-bond acceptors (Lipinski definition) is 7. The molecule has 8 nitrogen and oxygen atoms in total. The van der Waals surface area contributed by atoms with Crippen molar-refractivity contribution >= 4 is 34.6 Å². The molecule has 0 fully saturated rings. The molecule has 0 radical (unpaired) electrons. The van der Waals surface area contributed by atoms with Crippen molar-refractivity contribution in [3.63, 3.8) is 0 Å². The summed E-state index contributed by atoms with van der Waals surface area (Å²) >= 11 is 1.52. The Kier molecular flexibility index (Phi) is 6.61. The average molecular weight is 476 g/mol. The number of rotatable bonds is 8. The molecule has 2 aliphatic rings. The zero-order chi connectivity index (χ0) is 23.8. The molecule has 1 aliphatic heterocycles. The van der Waals surface area contributed by atoms with Gasteiger partial charge in [0.2, 0.25) is 0 Å². The first-order chi connectivity index (χ1) is 15.7. The van der Waals surface area contributed by atoms with E-state index in [0.29, 0.717) is 53.0 Å². The summed E-state index contributed by atoms with van der Waals surface area (Å²) in [4.78, 5) is 36.6. The lowest BCUT2D eigenvalue weighted by atomic mass is 9.91. The molecule has 0 saturated carbocycles. The number of thioether (sulfide) groups is 1. The summed E-state index contributed by atoms with van der Waals surface area (Å²) in [5.74, 6) is 0.0101. The highest BCUT2D eigenvalue weighted by atomic mass is 32.2. The van der Waals surface area contributed by atoms with E-state index in [1.54, 1.807) is 6.07 Å². The van der Waals surface area contributed by atoms with Crippen molar-refractivity contribution < 1.29 is 28.6 Å². The van der Waals surface area contributed by atoms with Crippen LogP contribution in [0.1, 0.15) is 49.8 Å². The molecule has 1 amide bonds. The fourth-order valence-electron chi connectivity index (χ4n) is 4.54. The lowest BCUT2D eigenvalue weighted by Crippen LogP contribution is -2.43. The van der Waals surface area contributed by atoms with E-state index in [1.165, 1.54) is 11.8 Å². The molecule has 2 N–H and O–H groups in total. The van der Waals surface area contributed by atoms with Crippen LogP contribution in [-0.4, -0.2) is 47.2 Å². The highest BCUT2D eigenvalue weighted by Crippen LogP contribution is 2.44. The number of hydrogen-bond donors (Lipinski definition) is 2. The third-order valence-electron chi connectivity index (χ3n) is 6.23. The molecule has 1 aromatic carbocycles. The van der Waals surface area contributed by atoms with E-state index in [9.17, 15) is 19.5 Å². The van der Waals surface area contributed by atoms with Crippen LogP contribution < -0.4 is 20.4 Å². The molecule has 33 heavy (non-hydrogen) atoms. The molecule has 1 aromatic heterocycles. The maximum absolute atomic E-state index is 12.6. The predicted octanol–water partition coefficient (Wildman–Crippen LogP) is 3.09. The quantitative estimate of drug-likeness (QED) is 0.560. The molecule has 178 valence electrons. The fourth-order valence-corrected chi connectivity index (χ4v) is 5.01. The van der Waals surface area contributed by atoms with E-state index in [0.717, 1.165) is 30.4 Å². The highest BCUT2D eigenvalue weighted by Gasteiger charge is 2.32. The first kappa shape index (κ1) is 23.5. The third-order valence-corrected chi connectivity index (χ3v) is 6.88. The number of amides is 1. The first-order valence-corrected chi connectivity index (χ1v) is 12.6. The number of carboxylic acid groups (broad SMARTS) is 1. The van der Waals surface area contributed by atoms with Gasteiger partial charge in [-0.25, -0.2) is 9.59 Å². The number of benzene rings is 1. The zero-order valence-corrected chi connectivity index (χ0v) is 19.9. The van der Waals surface area contributed by atoms with Gasteiger partial charge in [0.15, 0.2) is 6.61 Å². The van der Waals surface area contributed by atoms with Crippen LogP contribution in [0.3, 0.4) is 0 Å². The van der Waals surface area contributed by atoms with E-state index < -0.39 is 17.9 Å². The lowest BCUT2D eigenvalue weighted by Gasteiger charge is -2.33. The van der Waals surface area contributed by atoms with Crippen molar-refractivity contribution in [1.82, 2.24) is 5.32 Å². The van der Waals surface area contributed by atoms with Crippen molar-refractivity contribution in [2.24, 2.45) is 0 Å². The highest BCUT2D eigenvalue weighted by molar-refractivity contribution is 7.98. The Morgan fingerprint density at radius 3 is 2.73 bits per heavy atom. The number of aliphatic carboxylic acids is 1. The van der Waals surface area contributed by atoms with Crippen LogP contribution in [0.25, 0.3) is 11.0 Å². The third kappa shape index (κ3) is 4.83. The Bertz CT molecular complexity index is 1150. The van der Waals surface area contributed by atoms with Gasteiger partial charge in [0.05, 0.1) is 5.39 Å². The largest absolute Gasteiger partial charge is 0.487 e. The molecule has 0 spiro atoms. The maximum atomic E-state index is 12.6. The minimum absolute atomic E-state index is 0.324. The molecule has 2 heterocycles. The Morgan fingerprint density at radius 2 is 2.00 bits per heavy atom. The van der Waals surface area contributed by atoms with Gasteiger partial charge in [-0.15, -0.1) is 0 Å². The molecule has 1 atom stereocenters. The number of nitrogens with one attached hydrogen (secondary N) is 1. The number of carbonyl (C=O) groups excluding carboxylic acids is 1. The Balaban J connectivity index is 1.67. The van der Waals surface area contributed by atoms with E-state index in [2.05, 4.69) is 5.32 Å². The van der Waals surface area contributed by atoms with Gasteiger partial charge in [0, 0.05) is 17.2 Å². The summed E-state index contributed by atoms with van der Waals surface area (Å²) in [6, 6.07) is 0.799. The summed E-state index contributed by atoms with van der Waals surface area (Å²) < 4.78 is 17.8. The lowest BCUT2D eigenvalue weighted by molar-refractivity contribution is -0.142. The normalized spacial score (nSPS) is 17.1. The van der Waals surface area contributed by atoms with Crippen molar-refractivity contribution in [1.29, 1.82) is 0 Å². The second kappa shape index (κ2) is 9.29. The van der Waals surface area contributed by atoms with Gasteiger partial charge in [-0.1, -0.05) is 0 Å². The number of carbonyl (C=O) groups is 2. The van der Waals surface area contributed by atoms with E-state index in [-0.39, 0.29) is 17.8 Å². The average Bonchev–Trinajstić information content (AvgIpc) is 3.24. The molecule has 2 aromatic rings. The Hall–Kier alpha value is -2.68. The standard InChI is InChI=1S/C24H29NO7S/c1-24(2)9-7-15-17(32-24)11-18(20-13-5-4-6-14(13)23(29)31-21(15)20)30-12-19(26)25-16(22(27)28)8-10-33-3/h11,16H,4-10,12H2,1-3H3,(H,25,26)(H,27,28)/t16-/m0/s1. The SMILES string of the molecule is CSCC[C@H](NC(=O)COc1cc2c(c3oc(=O)c4c(c13)CCC4)CCC(C)(C)O2)C(=O)O. The summed E-state index contributed by atoms with van der Waals surface area (Å²) in [5.41, 5.74) is 2.18. The maximum Gasteiger partial charge on any atom is 0.339 e. The molecule has 0 saturated heterocycles. The molecular formula is C24H29NO7S. The number of carboxylic acids is 1. The van der Waals surface area contributed by atoms with Gasteiger partial charge in [-0.2, -0.15) is 11.8 Å². The van der Waals surface area contributed by atoms with Gasteiger partial charge in [-0.3, -0.25) is 4.79 Å².